The molecule has 13 nitrogen and oxygen atoms in total. The van der Waals surface area contributed by atoms with Gasteiger partial charge in [0.15, 0.2) is 0 Å². The van der Waals surface area contributed by atoms with E-state index in [1.807, 2.05) is 75.9 Å². The van der Waals surface area contributed by atoms with Crippen LogP contribution in [0.3, 0.4) is 0 Å². The van der Waals surface area contributed by atoms with Crippen molar-refractivity contribution < 1.29 is 19.1 Å². The lowest BCUT2D eigenvalue weighted by atomic mass is 10.1. The number of nitriles is 3. The van der Waals surface area contributed by atoms with Crippen molar-refractivity contribution in [1.29, 1.82) is 15.8 Å². The summed E-state index contributed by atoms with van der Waals surface area (Å²) in [6.45, 7) is 7.05. The number of hydrogen-bond acceptors (Lipinski definition) is 10. The zero-order valence-electron chi connectivity index (χ0n) is 34.7. The molecule has 10 rings (SSSR count). The van der Waals surface area contributed by atoms with Gasteiger partial charge >= 0.3 is 11.9 Å². The third-order valence-electron chi connectivity index (χ3n) is 11.1. The predicted molar refractivity (Wildman–Crippen MR) is 249 cm³/mol. The van der Waals surface area contributed by atoms with Gasteiger partial charge in [-0.15, -0.1) is 0 Å². The Bertz CT molecular complexity index is 3590. The van der Waals surface area contributed by atoms with Crippen LogP contribution in [0.25, 0.3) is 84.3 Å². The Morgan fingerprint density at radius 1 is 0.515 bits per heavy atom. The van der Waals surface area contributed by atoms with Gasteiger partial charge in [-0.2, -0.15) is 15.8 Å². The number of benzene rings is 6. The molecular formula is C53H31N9O4. The lowest BCUT2D eigenvalue weighted by molar-refractivity contribution is -0.129. The SMILES string of the molecule is C=CC(=O)Oc1ccc(-n2c(-c3ccc(C#N)cc3)nc3c2c2nc(-c4ccc(C#N)cc4)n(C4=CCC=C4)c2c2nc(-c4ccc(C#N)cc4)n(-c4ccc(OC(=O)C=C)cc4)c23)cc1. The zero-order valence-corrected chi connectivity index (χ0v) is 34.7. The summed E-state index contributed by atoms with van der Waals surface area (Å²) >= 11 is 0. The summed E-state index contributed by atoms with van der Waals surface area (Å²) in [7, 11) is 0. The van der Waals surface area contributed by atoms with E-state index >= 15 is 0 Å². The lowest BCUT2D eigenvalue weighted by Crippen LogP contribution is -2.04. The number of rotatable bonds is 10. The fraction of sp³-hybridized carbons (Fsp3) is 0.0189. The van der Waals surface area contributed by atoms with E-state index in [2.05, 4.69) is 48.1 Å². The molecular weight excluding hydrogens is 827 g/mol. The lowest BCUT2D eigenvalue weighted by Gasteiger charge is -2.13. The second kappa shape index (κ2) is 16.4. The summed E-state index contributed by atoms with van der Waals surface area (Å²) in [5, 5.41) is 29.3. The Morgan fingerprint density at radius 3 is 1.18 bits per heavy atom. The maximum absolute atomic E-state index is 12.2. The highest BCUT2D eigenvalue weighted by Gasteiger charge is 2.31. The normalized spacial score (nSPS) is 11.8. The number of hydrogen-bond donors (Lipinski definition) is 0. The van der Waals surface area contributed by atoms with Crippen molar-refractivity contribution in [2.45, 2.75) is 6.42 Å². The topological polar surface area (TPSA) is 177 Å². The fourth-order valence-corrected chi connectivity index (χ4v) is 8.08. The van der Waals surface area contributed by atoms with Crippen LogP contribution in [-0.4, -0.2) is 40.6 Å². The summed E-state index contributed by atoms with van der Waals surface area (Å²) < 4.78 is 17.0. The van der Waals surface area contributed by atoms with Crippen LogP contribution in [-0.2, 0) is 9.59 Å². The summed E-state index contributed by atoms with van der Waals surface area (Å²) in [5.74, 6) is 1.02. The van der Waals surface area contributed by atoms with Gasteiger partial charge in [-0.3, -0.25) is 13.7 Å². The van der Waals surface area contributed by atoms with Crippen molar-refractivity contribution in [1.82, 2.24) is 28.7 Å². The van der Waals surface area contributed by atoms with Crippen LogP contribution in [0.5, 0.6) is 11.5 Å². The van der Waals surface area contributed by atoms with Crippen molar-refractivity contribution in [2.24, 2.45) is 0 Å². The Morgan fingerprint density at radius 2 is 0.864 bits per heavy atom. The molecule has 0 bridgehead atoms. The molecule has 3 aromatic heterocycles. The third-order valence-corrected chi connectivity index (χ3v) is 11.1. The first kappa shape index (κ1) is 40.2. The Labute approximate surface area is 376 Å². The molecule has 0 radical (unpaired) electrons. The summed E-state index contributed by atoms with van der Waals surface area (Å²) in [6.07, 6.45) is 9.08. The molecule has 0 saturated carbocycles. The quantitative estimate of drug-likeness (QED) is 0.0730. The summed E-state index contributed by atoms with van der Waals surface area (Å²) in [5.41, 5.74) is 9.20. The molecule has 9 aromatic rings. The molecule has 66 heavy (non-hydrogen) atoms. The molecule has 0 saturated heterocycles. The second-order valence-corrected chi connectivity index (χ2v) is 15.0. The molecule has 0 unspecified atom stereocenters. The molecule has 0 N–H and O–H groups in total. The van der Waals surface area contributed by atoms with E-state index in [0.717, 1.165) is 23.4 Å². The smallest absolute Gasteiger partial charge is 0.335 e. The summed E-state index contributed by atoms with van der Waals surface area (Å²) in [4.78, 5) is 40.9. The van der Waals surface area contributed by atoms with E-state index < -0.39 is 11.9 Å². The molecule has 0 fully saturated rings. The van der Waals surface area contributed by atoms with Crippen LogP contribution in [0, 0.1) is 34.0 Å². The van der Waals surface area contributed by atoms with Crippen LogP contribution in [0.15, 0.2) is 165 Å². The Hall–Kier alpha value is -9.90. The van der Waals surface area contributed by atoms with Gasteiger partial charge in [-0.05, 0) is 134 Å². The first-order chi connectivity index (χ1) is 32.3. The number of fused-ring (bicyclic) bond motifs is 6. The highest BCUT2D eigenvalue weighted by Crippen LogP contribution is 2.45. The number of nitrogens with zero attached hydrogens (tertiary/aromatic N) is 9. The van der Waals surface area contributed by atoms with Gasteiger partial charge in [0.25, 0.3) is 0 Å². The van der Waals surface area contributed by atoms with E-state index in [9.17, 15) is 25.4 Å². The molecule has 312 valence electrons. The van der Waals surface area contributed by atoms with Gasteiger partial charge in [-0.25, -0.2) is 24.5 Å². The molecule has 13 heteroatoms. The van der Waals surface area contributed by atoms with Crippen LogP contribution in [0.2, 0.25) is 0 Å². The zero-order chi connectivity index (χ0) is 45.5. The number of allylic oxidation sites excluding steroid dienone is 4. The average Bonchev–Trinajstić information content (AvgIpc) is 4.19. The third kappa shape index (κ3) is 6.86. The minimum absolute atomic E-state index is 0.306. The van der Waals surface area contributed by atoms with Crippen molar-refractivity contribution >= 4 is 50.7 Å². The van der Waals surface area contributed by atoms with Crippen LogP contribution in [0.4, 0.5) is 0 Å². The number of aromatic nitrogens is 6. The van der Waals surface area contributed by atoms with Crippen LogP contribution < -0.4 is 9.47 Å². The van der Waals surface area contributed by atoms with Crippen molar-refractivity contribution in [2.75, 3.05) is 0 Å². The first-order valence-corrected chi connectivity index (χ1v) is 20.5. The molecule has 1 aliphatic carbocycles. The van der Waals surface area contributed by atoms with Gasteiger partial charge in [0.2, 0.25) is 0 Å². The maximum Gasteiger partial charge on any atom is 0.335 e. The number of carbonyl (C=O) groups excluding carboxylic acids is 2. The predicted octanol–water partition coefficient (Wildman–Crippen LogP) is 10.3. The Kier molecular flexibility index (Phi) is 10.00. The molecule has 0 atom stereocenters. The maximum atomic E-state index is 12.2. The van der Waals surface area contributed by atoms with Crippen LogP contribution >= 0.6 is 0 Å². The van der Waals surface area contributed by atoms with E-state index in [4.69, 9.17) is 24.4 Å². The minimum atomic E-state index is -0.604. The average molecular weight is 858 g/mol. The van der Waals surface area contributed by atoms with Gasteiger partial charge < -0.3 is 9.47 Å². The molecule has 1 aliphatic rings. The minimum Gasteiger partial charge on any atom is -0.423 e. The number of imidazole rings is 3. The van der Waals surface area contributed by atoms with Gasteiger partial charge in [0, 0.05) is 45.9 Å². The fourth-order valence-electron chi connectivity index (χ4n) is 8.08. The van der Waals surface area contributed by atoms with Gasteiger partial charge in [0.05, 0.1) is 34.9 Å². The number of ether oxygens (including phenoxy) is 2. The standard InChI is InChI=1S/C53H31N9O4/c1-3-43(63)65-41-25-21-39(22-26-41)61-49-45-48(60(38-7-5-6-8-38)51(57-45)35-15-9-32(29-54)10-16-35)46-50(47(49)59-53(61)37-19-13-34(31-56)14-20-37)62(40-23-27-42(28-24-40)66-44(64)4-2)52(58-46)36-17-11-33(30-55)12-18-36/h3-5,7-28H,1-2,6H2. The number of carbonyl (C=O) groups is 2. The molecule has 3 heterocycles. The highest BCUT2D eigenvalue weighted by atomic mass is 16.5. The van der Waals surface area contributed by atoms with Crippen molar-refractivity contribution in [3.8, 4) is 75.2 Å². The molecule has 0 spiro atoms. The van der Waals surface area contributed by atoms with Crippen LogP contribution in [0.1, 0.15) is 23.1 Å². The van der Waals surface area contributed by atoms with E-state index in [0.29, 0.717) is 108 Å². The molecule has 6 aromatic carbocycles. The summed E-state index contributed by atoms with van der Waals surface area (Å²) in [6, 6.07) is 42.2. The largest absolute Gasteiger partial charge is 0.423 e. The molecule has 0 amide bonds. The number of esters is 2. The highest BCUT2D eigenvalue weighted by molar-refractivity contribution is 6.22. The van der Waals surface area contributed by atoms with Gasteiger partial charge in [-0.1, -0.05) is 25.3 Å². The Balaban J connectivity index is 1.41. The van der Waals surface area contributed by atoms with E-state index in [-0.39, 0.29) is 0 Å². The van der Waals surface area contributed by atoms with Crippen molar-refractivity contribution in [3.05, 3.63) is 182 Å². The van der Waals surface area contributed by atoms with Crippen molar-refractivity contribution in [3.63, 3.8) is 0 Å². The molecule has 0 aliphatic heterocycles. The van der Waals surface area contributed by atoms with E-state index in [1.54, 1.807) is 60.7 Å². The first-order valence-electron chi connectivity index (χ1n) is 20.5. The second-order valence-electron chi connectivity index (χ2n) is 15.0. The van der Waals surface area contributed by atoms with E-state index in [1.165, 1.54) is 0 Å². The van der Waals surface area contributed by atoms with Gasteiger partial charge in [0.1, 0.15) is 62.1 Å². The monoisotopic (exact) mass is 857 g/mol.